The van der Waals surface area contributed by atoms with Gasteiger partial charge in [0.15, 0.2) is 0 Å². The number of carboxylic acid groups (broad SMARTS) is 1. The van der Waals surface area contributed by atoms with Gasteiger partial charge in [-0.25, -0.2) is 14.5 Å². The third kappa shape index (κ3) is 2.94. The molecule has 0 saturated carbocycles. The Balaban J connectivity index is 1.83. The van der Waals surface area contributed by atoms with E-state index in [0.717, 1.165) is 0 Å². The maximum atomic E-state index is 11.5. The van der Waals surface area contributed by atoms with E-state index in [-0.39, 0.29) is 24.8 Å². The van der Waals surface area contributed by atoms with Crippen LogP contribution in [-0.4, -0.2) is 31.7 Å². The second kappa shape index (κ2) is 5.13. The van der Waals surface area contributed by atoms with Crippen molar-refractivity contribution in [3.63, 3.8) is 0 Å². The number of nitrogens with zero attached hydrogens (tertiary/aromatic N) is 3. The van der Waals surface area contributed by atoms with Crippen molar-refractivity contribution in [1.29, 1.82) is 0 Å². The predicted molar refractivity (Wildman–Crippen MR) is 57.5 cm³/mol. The summed E-state index contributed by atoms with van der Waals surface area (Å²) >= 11 is 0. The molecular weight excluding hydrogens is 240 g/mol. The number of rotatable bonds is 5. The Morgan fingerprint density at radius 1 is 1.44 bits per heavy atom. The summed E-state index contributed by atoms with van der Waals surface area (Å²) in [5.74, 6) is -1.20. The van der Waals surface area contributed by atoms with E-state index < -0.39 is 5.97 Å². The number of furan rings is 1. The lowest BCUT2D eigenvalue weighted by atomic mass is 10.4. The fourth-order valence-electron chi connectivity index (χ4n) is 1.29. The Bertz CT molecular complexity index is 546. The highest BCUT2D eigenvalue weighted by molar-refractivity contribution is 5.84. The monoisotopic (exact) mass is 250 g/mol. The average Bonchev–Trinajstić information content (AvgIpc) is 2.96. The van der Waals surface area contributed by atoms with Crippen LogP contribution >= 0.6 is 0 Å². The van der Waals surface area contributed by atoms with Gasteiger partial charge in [-0.1, -0.05) is 0 Å². The summed E-state index contributed by atoms with van der Waals surface area (Å²) in [6.45, 7) is 0.174. The van der Waals surface area contributed by atoms with Crippen molar-refractivity contribution in [2.24, 2.45) is 0 Å². The number of hydrogen-bond donors (Lipinski definition) is 2. The van der Waals surface area contributed by atoms with Crippen molar-refractivity contribution in [2.75, 3.05) is 0 Å². The Hall–Kier alpha value is -2.64. The third-order valence-electron chi connectivity index (χ3n) is 2.10. The van der Waals surface area contributed by atoms with Crippen LogP contribution in [0.5, 0.6) is 0 Å². The van der Waals surface area contributed by atoms with E-state index in [1.54, 1.807) is 0 Å². The molecule has 2 N–H and O–H groups in total. The molecule has 2 rings (SSSR count). The van der Waals surface area contributed by atoms with Crippen LogP contribution in [-0.2, 0) is 17.9 Å². The quantitative estimate of drug-likeness (QED) is 0.765. The molecule has 0 unspecified atom stereocenters. The molecule has 0 aliphatic rings. The number of amides is 1. The number of hydrogen-bond acceptors (Lipinski definition) is 5. The zero-order chi connectivity index (χ0) is 13.0. The van der Waals surface area contributed by atoms with E-state index in [2.05, 4.69) is 15.4 Å². The molecule has 2 aromatic rings. The summed E-state index contributed by atoms with van der Waals surface area (Å²) in [4.78, 5) is 25.7. The Morgan fingerprint density at radius 3 is 2.89 bits per heavy atom. The molecule has 0 atom stereocenters. The van der Waals surface area contributed by atoms with E-state index in [1.807, 2.05) is 0 Å². The summed E-state index contributed by atoms with van der Waals surface area (Å²) < 4.78 is 6.36. The smallest absolute Gasteiger partial charge is 0.371 e. The molecule has 0 aliphatic heterocycles. The highest BCUT2D eigenvalue weighted by atomic mass is 16.4. The van der Waals surface area contributed by atoms with Crippen molar-refractivity contribution >= 4 is 11.9 Å². The standard InChI is InChI=1S/C10H10N4O4/c15-9(4-14-6-11-5-13-14)12-3-7-1-2-8(18-7)10(16)17/h1-2,5-6H,3-4H2,(H,12,15)(H,16,17). The minimum atomic E-state index is -1.14. The van der Waals surface area contributed by atoms with Crippen molar-refractivity contribution in [3.8, 4) is 0 Å². The second-order valence-corrected chi connectivity index (χ2v) is 3.44. The van der Waals surface area contributed by atoms with Crippen LogP contribution in [0, 0.1) is 0 Å². The molecule has 0 aliphatic carbocycles. The fourth-order valence-corrected chi connectivity index (χ4v) is 1.29. The average molecular weight is 250 g/mol. The van der Waals surface area contributed by atoms with Crippen LogP contribution in [0.2, 0.25) is 0 Å². The minimum Gasteiger partial charge on any atom is -0.475 e. The fraction of sp³-hybridized carbons (Fsp3) is 0.200. The van der Waals surface area contributed by atoms with Crippen molar-refractivity contribution < 1.29 is 19.1 Å². The maximum Gasteiger partial charge on any atom is 0.371 e. The zero-order valence-electron chi connectivity index (χ0n) is 9.24. The zero-order valence-corrected chi connectivity index (χ0v) is 9.24. The number of aromatic carboxylic acids is 1. The first kappa shape index (κ1) is 11.8. The molecular formula is C10H10N4O4. The topological polar surface area (TPSA) is 110 Å². The molecule has 8 heteroatoms. The SMILES string of the molecule is O=C(Cn1cncn1)NCc1ccc(C(=O)O)o1. The van der Waals surface area contributed by atoms with Crippen LogP contribution in [0.4, 0.5) is 0 Å². The van der Waals surface area contributed by atoms with Gasteiger partial charge in [0.05, 0.1) is 6.54 Å². The van der Waals surface area contributed by atoms with Crippen LogP contribution in [0.3, 0.4) is 0 Å². The molecule has 94 valence electrons. The largest absolute Gasteiger partial charge is 0.475 e. The van der Waals surface area contributed by atoms with E-state index in [9.17, 15) is 9.59 Å². The maximum absolute atomic E-state index is 11.5. The van der Waals surface area contributed by atoms with Gasteiger partial charge in [0, 0.05) is 0 Å². The van der Waals surface area contributed by atoms with Crippen LogP contribution in [0.15, 0.2) is 29.2 Å². The summed E-state index contributed by atoms with van der Waals surface area (Å²) in [6.07, 6.45) is 2.76. The second-order valence-electron chi connectivity index (χ2n) is 3.44. The number of nitrogens with one attached hydrogen (secondary N) is 1. The van der Waals surface area contributed by atoms with Gasteiger partial charge in [-0.15, -0.1) is 0 Å². The molecule has 0 bridgehead atoms. The van der Waals surface area contributed by atoms with Gasteiger partial charge in [-0.05, 0) is 12.1 Å². The van der Waals surface area contributed by atoms with Gasteiger partial charge < -0.3 is 14.8 Å². The van der Waals surface area contributed by atoms with E-state index in [1.165, 1.54) is 29.5 Å². The van der Waals surface area contributed by atoms with E-state index >= 15 is 0 Å². The number of carbonyl (C=O) groups excluding carboxylic acids is 1. The molecule has 2 heterocycles. The molecule has 0 fully saturated rings. The molecule has 0 radical (unpaired) electrons. The number of carbonyl (C=O) groups is 2. The molecule has 8 nitrogen and oxygen atoms in total. The Kier molecular flexibility index (Phi) is 3.37. The van der Waals surface area contributed by atoms with Gasteiger partial charge in [-0.2, -0.15) is 5.10 Å². The van der Waals surface area contributed by atoms with Crippen molar-refractivity contribution in [1.82, 2.24) is 20.1 Å². The predicted octanol–water partition coefficient (Wildman–Crippen LogP) is -0.114. The van der Waals surface area contributed by atoms with Gasteiger partial charge >= 0.3 is 5.97 Å². The Labute approximate surface area is 101 Å². The third-order valence-corrected chi connectivity index (χ3v) is 2.10. The molecule has 18 heavy (non-hydrogen) atoms. The van der Waals surface area contributed by atoms with Crippen LogP contribution in [0.1, 0.15) is 16.3 Å². The molecule has 0 aromatic carbocycles. The highest BCUT2D eigenvalue weighted by Crippen LogP contribution is 2.07. The number of aromatic nitrogens is 3. The van der Waals surface area contributed by atoms with Gasteiger partial charge in [0.1, 0.15) is 25.0 Å². The van der Waals surface area contributed by atoms with Gasteiger partial charge in [0.2, 0.25) is 11.7 Å². The highest BCUT2D eigenvalue weighted by Gasteiger charge is 2.09. The van der Waals surface area contributed by atoms with Crippen molar-refractivity contribution in [3.05, 3.63) is 36.3 Å². The van der Waals surface area contributed by atoms with E-state index in [0.29, 0.717) is 5.76 Å². The first-order valence-electron chi connectivity index (χ1n) is 5.06. The van der Waals surface area contributed by atoms with Gasteiger partial charge in [0.25, 0.3) is 0 Å². The Morgan fingerprint density at radius 2 is 2.28 bits per heavy atom. The lowest BCUT2D eigenvalue weighted by molar-refractivity contribution is -0.122. The van der Waals surface area contributed by atoms with E-state index in [4.69, 9.17) is 9.52 Å². The summed E-state index contributed by atoms with van der Waals surface area (Å²) in [7, 11) is 0. The van der Waals surface area contributed by atoms with Gasteiger partial charge in [-0.3, -0.25) is 4.79 Å². The minimum absolute atomic E-state index is 0.0481. The molecule has 0 spiro atoms. The first-order chi connectivity index (χ1) is 8.65. The lowest BCUT2D eigenvalue weighted by Gasteiger charge is -2.02. The summed E-state index contributed by atoms with van der Waals surface area (Å²) in [5.41, 5.74) is 0. The number of carboxylic acids is 1. The normalized spacial score (nSPS) is 10.2. The summed E-state index contributed by atoms with van der Waals surface area (Å²) in [5, 5.41) is 15.0. The molecule has 1 amide bonds. The molecule has 2 aromatic heterocycles. The first-order valence-corrected chi connectivity index (χ1v) is 5.06. The van der Waals surface area contributed by atoms with Crippen LogP contribution in [0.25, 0.3) is 0 Å². The lowest BCUT2D eigenvalue weighted by Crippen LogP contribution is -2.27. The van der Waals surface area contributed by atoms with Crippen molar-refractivity contribution in [2.45, 2.75) is 13.1 Å². The van der Waals surface area contributed by atoms with Crippen LogP contribution < -0.4 is 5.32 Å². The molecule has 0 saturated heterocycles. The summed E-state index contributed by atoms with van der Waals surface area (Å²) in [6, 6.07) is 2.83.